The second-order valence-corrected chi connectivity index (χ2v) is 5.96. The molecule has 0 aromatic heterocycles. The molecule has 0 aliphatic rings. The van der Waals surface area contributed by atoms with Crippen molar-refractivity contribution in [3.8, 4) is 0 Å². The number of aliphatic carboxylic acids is 1. The number of carboxylic acids is 1. The summed E-state index contributed by atoms with van der Waals surface area (Å²) in [5.41, 5.74) is 5.08. The third-order valence-corrected chi connectivity index (χ3v) is 4.17. The van der Waals surface area contributed by atoms with Crippen LogP contribution >= 0.6 is 27.5 Å². The number of primary amides is 1. The van der Waals surface area contributed by atoms with E-state index in [2.05, 4.69) is 21.2 Å². The highest BCUT2D eigenvalue weighted by atomic mass is 79.9. The fourth-order valence-corrected chi connectivity index (χ4v) is 2.23. The highest BCUT2D eigenvalue weighted by Gasteiger charge is 2.30. The van der Waals surface area contributed by atoms with E-state index in [0.717, 1.165) is 0 Å². The first-order chi connectivity index (χ1) is 9.24. The number of benzene rings is 1. The summed E-state index contributed by atoms with van der Waals surface area (Å²) in [5.74, 6) is -1.43. The van der Waals surface area contributed by atoms with E-state index in [1.807, 2.05) is 0 Å². The number of hydrogen-bond donors (Lipinski definition) is 3. The molecule has 0 saturated heterocycles. The Morgan fingerprint density at radius 2 is 2.15 bits per heavy atom. The van der Waals surface area contributed by atoms with Gasteiger partial charge >= 0.3 is 5.97 Å². The number of anilines is 1. The van der Waals surface area contributed by atoms with E-state index < -0.39 is 17.4 Å². The summed E-state index contributed by atoms with van der Waals surface area (Å²) in [7, 11) is 0. The van der Waals surface area contributed by atoms with E-state index in [-0.39, 0.29) is 6.42 Å². The third-order valence-electron chi connectivity index (χ3n) is 2.95. The number of nitrogens with two attached hydrogens (primary N) is 1. The van der Waals surface area contributed by atoms with Gasteiger partial charge in [0.05, 0.1) is 5.02 Å². The monoisotopic (exact) mass is 362 g/mol. The Labute approximate surface area is 130 Å². The summed E-state index contributed by atoms with van der Waals surface area (Å²) in [4.78, 5) is 22.2. The molecule has 1 unspecified atom stereocenters. The molecule has 0 aliphatic carbocycles. The molecule has 0 bridgehead atoms. The van der Waals surface area contributed by atoms with Gasteiger partial charge < -0.3 is 16.2 Å². The first-order valence-electron chi connectivity index (χ1n) is 5.99. The Bertz CT molecular complexity index is 524. The van der Waals surface area contributed by atoms with Crippen molar-refractivity contribution >= 4 is 45.1 Å². The molecule has 0 saturated carbocycles. The van der Waals surface area contributed by atoms with E-state index in [9.17, 15) is 9.59 Å². The number of rotatable bonds is 7. The molecule has 0 fully saturated rings. The molecular formula is C13H16BrClN2O3. The van der Waals surface area contributed by atoms with Crippen LogP contribution in [-0.2, 0) is 9.59 Å². The lowest BCUT2D eigenvalue weighted by atomic mass is 9.93. The predicted octanol–water partition coefficient (Wildman–Crippen LogP) is 3.01. The van der Waals surface area contributed by atoms with Crippen LogP contribution in [0, 0.1) is 0 Å². The number of halogens is 2. The number of carboxylic acid groups (broad SMARTS) is 1. The third kappa shape index (κ3) is 4.68. The van der Waals surface area contributed by atoms with Crippen LogP contribution in [0.4, 0.5) is 5.69 Å². The van der Waals surface area contributed by atoms with Gasteiger partial charge in [0.15, 0.2) is 0 Å². The van der Waals surface area contributed by atoms with E-state index >= 15 is 0 Å². The van der Waals surface area contributed by atoms with Crippen LogP contribution in [0.25, 0.3) is 0 Å². The van der Waals surface area contributed by atoms with Gasteiger partial charge in [-0.1, -0.05) is 11.6 Å². The normalized spacial score (nSPS) is 13.6. The summed E-state index contributed by atoms with van der Waals surface area (Å²) >= 11 is 9.20. The second-order valence-electron chi connectivity index (χ2n) is 4.70. The van der Waals surface area contributed by atoms with Gasteiger partial charge in [0.25, 0.3) is 0 Å². The lowest BCUT2D eigenvalue weighted by Gasteiger charge is -2.28. The minimum absolute atomic E-state index is 0.00510. The van der Waals surface area contributed by atoms with Crippen molar-refractivity contribution in [3.63, 3.8) is 0 Å². The van der Waals surface area contributed by atoms with Crippen LogP contribution in [0.2, 0.25) is 5.02 Å². The summed E-state index contributed by atoms with van der Waals surface area (Å²) in [6, 6.07) is 5.15. The highest BCUT2D eigenvalue weighted by Crippen LogP contribution is 2.28. The van der Waals surface area contributed by atoms with E-state index in [0.29, 0.717) is 28.0 Å². The first-order valence-corrected chi connectivity index (χ1v) is 7.16. The summed E-state index contributed by atoms with van der Waals surface area (Å²) in [6.07, 6.45) is 0.681. The van der Waals surface area contributed by atoms with Crippen LogP contribution in [0.5, 0.6) is 0 Å². The summed E-state index contributed by atoms with van der Waals surface area (Å²) in [6.45, 7) is 1.65. The SMILES string of the molecule is CC(CCCC(=O)O)(Nc1ccc(Cl)c(Br)c1)C(N)=O. The van der Waals surface area contributed by atoms with Crippen molar-refractivity contribution in [2.45, 2.75) is 31.7 Å². The van der Waals surface area contributed by atoms with Gasteiger partial charge in [0.2, 0.25) is 5.91 Å². The van der Waals surface area contributed by atoms with Gasteiger partial charge in [0.1, 0.15) is 5.54 Å². The molecule has 1 amide bonds. The zero-order valence-corrected chi connectivity index (χ0v) is 13.3. The molecule has 4 N–H and O–H groups in total. The summed E-state index contributed by atoms with van der Waals surface area (Å²) in [5, 5.41) is 12.2. The van der Waals surface area contributed by atoms with Crippen molar-refractivity contribution in [2.75, 3.05) is 5.32 Å². The molecule has 5 nitrogen and oxygen atoms in total. The molecule has 1 aromatic carbocycles. The molecule has 20 heavy (non-hydrogen) atoms. The van der Waals surface area contributed by atoms with Crippen molar-refractivity contribution in [1.82, 2.24) is 0 Å². The van der Waals surface area contributed by atoms with Crippen LogP contribution in [0.3, 0.4) is 0 Å². The number of hydrogen-bond acceptors (Lipinski definition) is 3. The largest absolute Gasteiger partial charge is 0.481 e. The van der Waals surface area contributed by atoms with Crippen LogP contribution < -0.4 is 11.1 Å². The van der Waals surface area contributed by atoms with Gasteiger partial charge in [-0.3, -0.25) is 9.59 Å². The van der Waals surface area contributed by atoms with E-state index in [1.54, 1.807) is 25.1 Å². The first kappa shape index (κ1) is 16.8. The minimum Gasteiger partial charge on any atom is -0.481 e. The predicted molar refractivity (Wildman–Crippen MR) is 81.9 cm³/mol. The van der Waals surface area contributed by atoms with Gasteiger partial charge in [-0.05, 0) is 53.9 Å². The second kappa shape index (κ2) is 6.95. The lowest BCUT2D eigenvalue weighted by Crippen LogP contribution is -2.47. The van der Waals surface area contributed by atoms with Crippen molar-refractivity contribution in [1.29, 1.82) is 0 Å². The van der Waals surface area contributed by atoms with Gasteiger partial charge in [-0.25, -0.2) is 0 Å². The highest BCUT2D eigenvalue weighted by molar-refractivity contribution is 9.10. The summed E-state index contributed by atoms with van der Waals surface area (Å²) < 4.78 is 0.696. The number of carbonyl (C=O) groups excluding carboxylic acids is 1. The molecule has 0 radical (unpaired) electrons. The fourth-order valence-electron chi connectivity index (χ4n) is 1.73. The molecule has 0 heterocycles. The van der Waals surface area contributed by atoms with Gasteiger partial charge in [-0.15, -0.1) is 0 Å². The molecule has 1 atom stereocenters. The molecule has 7 heteroatoms. The smallest absolute Gasteiger partial charge is 0.303 e. The van der Waals surface area contributed by atoms with E-state index in [4.69, 9.17) is 22.4 Å². The lowest BCUT2D eigenvalue weighted by molar-refractivity contribution is -0.137. The van der Waals surface area contributed by atoms with Gasteiger partial charge in [0, 0.05) is 16.6 Å². The Kier molecular flexibility index (Phi) is 5.83. The average Bonchev–Trinajstić information content (AvgIpc) is 2.33. The molecular weight excluding hydrogens is 348 g/mol. The standard InChI is InChI=1S/C13H16BrClN2O3/c1-13(12(16)20,6-2-3-11(18)19)17-8-4-5-10(15)9(14)7-8/h4-5,7,17H,2-3,6H2,1H3,(H2,16,20)(H,18,19). The Morgan fingerprint density at radius 3 is 2.65 bits per heavy atom. The zero-order valence-electron chi connectivity index (χ0n) is 11.0. The number of carbonyl (C=O) groups is 2. The maximum absolute atomic E-state index is 11.6. The Balaban J connectivity index is 2.82. The minimum atomic E-state index is -1.01. The van der Waals surface area contributed by atoms with Crippen molar-refractivity contribution in [2.24, 2.45) is 5.73 Å². The van der Waals surface area contributed by atoms with Crippen LogP contribution in [-0.4, -0.2) is 22.5 Å². The fraction of sp³-hybridized carbons (Fsp3) is 0.385. The Hall–Kier alpha value is -1.27. The molecule has 0 aliphatic heterocycles. The van der Waals surface area contributed by atoms with Crippen molar-refractivity contribution < 1.29 is 14.7 Å². The van der Waals surface area contributed by atoms with Crippen LogP contribution in [0.15, 0.2) is 22.7 Å². The molecule has 0 spiro atoms. The van der Waals surface area contributed by atoms with Crippen molar-refractivity contribution in [3.05, 3.63) is 27.7 Å². The zero-order chi connectivity index (χ0) is 15.3. The maximum Gasteiger partial charge on any atom is 0.303 e. The molecule has 1 aromatic rings. The van der Waals surface area contributed by atoms with Gasteiger partial charge in [-0.2, -0.15) is 0 Å². The Morgan fingerprint density at radius 1 is 1.50 bits per heavy atom. The average molecular weight is 364 g/mol. The topological polar surface area (TPSA) is 92.4 Å². The maximum atomic E-state index is 11.6. The molecule has 1 rings (SSSR count). The van der Waals surface area contributed by atoms with Crippen LogP contribution in [0.1, 0.15) is 26.2 Å². The quantitative estimate of drug-likeness (QED) is 0.694. The number of nitrogens with one attached hydrogen (secondary N) is 1. The molecule has 110 valence electrons. The number of amides is 1. The van der Waals surface area contributed by atoms with E-state index in [1.165, 1.54) is 0 Å².